The lowest BCUT2D eigenvalue weighted by atomic mass is 9.72. The molecule has 6 nitrogen and oxygen atoms in total. The fourth-order valence-corrected chi connectivity index (χ4v) is 3.26. The van der Waals surface area contributed by atoms with Crippen LogP contribution >= 0.6 is 0 Å². The van der Waals surface area contributed by atoms with E-state index in [1.807, 2.05) is 0 Å². The monoisotopic (exact) mass is 334 g/mol. The number of carboxylic acid groups (broad SMARTS) is 1. The molecule has 0 unspecified atom stereocenters. The van der Waals surface area contributed by atoms with E-state index in [4.69, 9.17) is 21.3 Å². The van der Waals surface area contributed by atoms with Gasteiger partial charge in [0.25, 0.3) is 0 Å². The first-order valence-electron chi connectivity index (χ1n) is 8.42. The number of carbonyl (C=O) groups is 2. The van der Waals surface area contributed by atoms with E-state index >= 15 is 0 Å². The summed E-state index contributed by atoms with van der Waals surface area (Å²) < 4.78 is 5.41. The van der Waals surface area contributed by atoms with Gasteiger partial charge >= 0.3 is 11.9 Å². The maximum Gasteiger partial charge on any atom is 0.320 e. The molecule has 24 heavy (non-hydrogen) atoms. The number of hydrogen-bond donors (Lipinski definition) is 3. The third kappa shape index (κ3) is 5.04. The molecule has 0 amide bonds. The van der Waals surface area contributed by atoms with Crippen molar-refractivity contribution in [1.29, 1.82) is 0 Å². The number of carbonyl (C=O) groups excluding carboxylic acids is 1. The van der Waals surface area contributed by atoms with Crippen molar-refractivity contribution in [3.8, 4) is 5.75 Å². The van der Waals surface area contributed by atoms with E-state index in [1.165, 1.54) is 6.42 Å². The van der Waals surface area contributed by atoms with E-state index < -0.39 is 12.0 Å². The zero-order valence-corrected chi connectivity index (χ0v) is 13.9. The molecule has 0 saturated heterocycles. The Bertz CT molecular complexity index is 565. The minimum Gasteiger partial charge on any atom is -0.480 e. The van der Waals surface area contributed by atoms with Crippen LogP contribution in [0.2, 0.25) is 0 Å². The van der Waals surface area contributed by atoms with Crippen LogP contribution in [0.3, 0.4) is 0 Å². The van der Waals surface area contributed by atoms with Gasteiger partial charge in [0.15, 0.2) is 0 Å². The van der Waals surface area contributed by atoms with Gasteiger partial charge in [-0.05, 0) is 48.9 Å². The fourth-order valence-electron chi connectivity index (χ4n) is 3.26. The van der Waals surface area contributed by atoms with Crippen LogP contribution in [0.15, 0.2) is 24.3 Å². The van der Waals surface area contributed by atoms with Crippen molar-refractivity contribution in [1.82, 2.24) is 0 Å². The molecule has 1 aromatic carbocycles. The van der Waals surface area contributed by atoms with Gasteiger partial charge in [-0.3, -0.25) is 9.59 Å². The molecule has 1 aromatic rings. The highest BCUT2D eigenvalue weighted by Gasteiger charge is 2.33. The molecule has 132 valence electrons. The minimum atomic E-state index is -1.04. The molecule has 1 aliphatic rings. The lowest BCUT2D eigenvalue weighted by Crippen LogP contribution is -2.36. The Morgan fingerprint density at radius 1 is 1.17 bits per heavy atom. The van der Waals surface area contributed by atoms with Gasteiger partial charge in [0.2, 0.25) is 0 Å². The first-order chi connectivity index (χ1) is 11.4. The Labute approximate surface area is 142 Å². The zero-order chi connectivity index (χ0) is 17.6. The number of rotatable bonds is 7. The second-order valence-corrected chi connectivity index (χ2v) is 6.71. The Hall–Kier alpha value is -1.92. The molecule has 1 atom stereocenters. The van der Waals surface area contributed by atoms with Crippen LogP contribution in [0.5, 0.6) is 5.75 Å². The van der Waals surface area contributed by atoms with Gasteiger partial charge < -0.3 is 21.3 Å². The second-order valence-electron chi connectivity index (χ2n) is 6.71. The summed E-state index contributed by atoms with van der Waals surface area (Å²) in [6, 6.07) is 5.85. The molecule has 0 aliphatic heterocycles. The number of hydrogen-bond acceptors (Lipinski definition) is 5. The van der Waals surface area contributed by atoms with Gasteiger partial charge in [0, 0.05) is 0 Å². The van der Waals surface area contributed by atoms with E-state index in [1.54, 1.807) is 24.3 Å². The average Bonchev–Trinajstić information content (AvgIpc) is 2.57. The molecule has 1 aliphatic carbocycles. The Balaban J connectivity index is 1.90. The summed E-state index contributed by atoms with van der Waals surface area (Å²) in [5.41, 5.74) is 12.1. The number of esters is 1. The van der Waals surface area contributed by atoms with Crippen molar-refractivity contribution in [3.63, 3.8) is 0 Å². The first kappa shape index (κ1) is 18.4. The van der Waals surface area contributed by atoms with Crippen molar-refractivity contribution in [2.75, 3.05) is 6.54 Å². The summed E-state index contributed by atoms with van der Waals surface area (Å²) in [4.78, 5) is 23.0. The predicted molar refractivity (Wildman–Crippen MR) is 90.6 cm³/mol. The van der Waals surface area contributed by atoms with Gasteiger partial charge in [-0.25, -0.2) is 0 Å². The van der Waals surface area contributed by atoms with Crippen molar-refractivity contribution in [3.05, 3.63) is 29.8 Å². The van der Waals surface area contributed by atoms with Gasteiger partial charge in [0.1, 0.15) is 11.8 Å². The van der Waals surface area contributed by atoms with Crippen LogP contribution < -0.4 is 16.2 Å². The summed E-state index contributed by atoms with van der Waals surface area (Å²) in [5, 5.41) is 8.82. The van der Waals surface area contributed by atoms with E-state index in [-0.39, 0.29) is 17.8 Å². The number of aliphatic carboxylic acids is 1. The molecular weight excluding hydrogens is 308 g/mol. The summed E-state index contributed by atoms with van der Waals surface area (Å²) in [6.45, 7) is 0.508. The van der Waals surface area contributed by atoms with Gasteiger partial charge in [-0.15, -0.1) is 0 Å². The topological polar surface area (TPSA) is 116 Å². The molecule has 0 heterocycles. The van der Waals surface area contributed by atoms with Crippen LogP contribution in [0.1, 0.15) is 44.1 Å². The van der Waals surface area contributed by atoms with Crippen LogP contribution in [-0.4, -0.2) is 29.6 Å². The highest BCUT2D eigenvalue weighted by molar-refractivity contribution is 5.74. The minimum absolute atomic E-state index is 0.121. The van der Waals surface area contributed by atoms with E-state index in [0.717, 1.165) is 31.2 Å². The number of nitrogens with two attached hydrogens (primary N) is 2. The summed E-state index contributed by atoms with van der Waals surface area (Å²) in [6.07, 6.45) is 5.97. The van der Waals surface area contributed by atoms with Crippen molar-refractivity contribution < 1.29 is 19.4 Å². The molecule has 5 N–H and O–H groups in total. The lowest BCUT2D eigenvalue weighted by Gasteiger charge is -2.35. The number of benzene rings is 1. The van der Waals surface area contributed by atoms with Gasteiger partial charge in [0.05, 0.1) is 6.42 Å². The first-order valence-corrected chi connectivity index (χ1v) is 8.42. The Morgan fingerprint density at radius 3 is 2.33 bits per heavy atom. The lowest BCUT2D eigenvalue weighted by molar-refractivity contribution is -0.139. The van der Waals surface area contributed by atoms with Crippen molar-refractivity contribution in [2.45, 2.75) is 51.0 Å². The quantitative estimate of drug-likeness (QED) is 0.517. The third-order valence-electron chi connectivity index (χ3n) is 4.79. The maximum absolute atomic E-state index is 12.2. The molecule has 0 bridgehead atoms. The number of carboxylic acids is 1. The fraction of sp³-hybridized carbons (Fsp3) is 0.556. The Kier molecular flexibility index (Phi) is 6.34. The van der Waals surface area contributed by atoms with Crippen molar-refractivity contribution in [2.24, 2.45) is 16.9 Å². The molecular formula is C18H26N2O4. The molecule has 0 radical (unpaired) electrons. The van der Waals surface area contributed by atoms with Crippen LogP contribution in [0.4, 0.5) is 0 Å². The van der Waals surface area contributed by atoms with Crippen LogP contribution in [0, 0.1) is 5.41 Å². The van der Waals surface area contributed by atoms with Gasteiger partial charge in [-0.2, -0.15) is 0 Å². The van der Waals surface area contributed by atoms with Crippen LogP contribution in [-0.2, 0) is 16.0 Å². The summed E-state index contributed by atoms with van der Waals surface area (Å²) >= 11 is 0. The summed E-state index contributed by atoms with van der Waals surface area (Å²) in [5.74, 6) is -0.849. The number of ether oxygens (including phenoxy) is 1. The van der Waals surface area contributed by atoms with E-state index in [2.05, 4.69) is 0 Å². The van der Waals surface area contributed by atoms with E-state index in [0.29, 0.717) is 18.7 Å². The van der Waals surface area contributed by atoms with Crippen molar-refractivity contribution >= 4 is 11.9 Å². The molecule has 0 aromatic heterocycles. The summed E-state index contributed by atoms with van der Waals surface area (Å²) in [7, 11) is 0. The molecule has 1 saturated carbocycles. The third-order valence-corrected chi connectivity index (χ3v) is 4.79. The molecule has 6 heteroatoms. The molecule has 1 fully saturated rings. The predicted octanol–water partition coefficient (Wildman–Crippen LogP) is 1.85. The highest BCUT2D eigenvalue weighted by atomic mass is 16.5. The molecule has 2 rings (SSSR count). The maximum atomic E-state index is 12.2. The average molecular weight is 334 g/mol. The second kappa shape index (κ2) is 8.26. The van der Waals surface area contributed by atoms with Crippen LogP contribution in [0.25, 0.3) is 0 Å². The van der Waals surface area contributed by atoms with E-state index in [9.17, 15) is 9.59 Å². The SMILES string of the molecule is NCC1(CC(=O)Oc2ccc(C[C@H](N)C(=O)O)cc2)CCCCC1. The highest BCUT2D eigenvalue weighted by Crippen LogP contribution is 2.38. The molecule has 0 spiro atoms. The zero-order valence-electron chi connectivity index (χ0n) is 13.9. The Morgan fingerprint density at radius 2 is 1.79 bits per heavy atom. The normalized spacial score (nSPS) is 17.9. The van der Waals surface area contributed by atoms with Gasteiger partial charge in [-0.1, -0.05) is 31.4 Å². The standard InChI is InChI=1S/C18H26N2O4/c19-12-18(8-2-1-3-9-18)11-16(21)24-14-6-4-13(5-7-14)10-15(20)17(22)23/h4-7,15H,1-3,8-12,19-20H2,(H,22,23)/t15-/m0/s1. The largest absolute Gasteiger partial charge is 0.480 e. The smallest absolute Gasteiger partial charge is 0.320 e.